The maximum Gasteiger partial charge on any atom is 0.307 e. The van der Waals surface area contributed by atoms with Gasteiger partial charge in [0.25, 0.3) is 0 Å². The topological polar surface area (TPSA) is 57.6 Å². The number of carbonyl (C=O) groups excluding carboxylic acids is 1. The Labute approximate surface area is 113 Å². The first-order chi connectivity index (χ1) is 9.08. The molecule has 4 atom stereocenters. The molecule has 2 fully saturated rings. The van der Waals surface area contributed by atoms with Crippen LogP contribution < -0.4 is 0 Å². The molecule has 3 aliphatic rings. The fourth-order valence-electron chi connectivity index (χ4n) is 3.94. The Bertz CT molecular complexity index is 423. The van der Waals surface area contributed by atoms with Crippen molar-refractivity contribution >= 4 is 11.9 Å². The molecule has 0 aromatic carbocycles. The Morgan fingerprint density at radius 2 is 1.68 bits per heavy atom. The van der Waals surface area contributed by atoms with E-state index in [-0.39, 0.29) is 23.7 Å². The van der Waals surface area contributed by atoms with Crippen LogP contribution in [0, 0.1) is 29.6 Å². The fraction of sp³-hybridized carbons (Fsp3) is 0.733. The third-order valence-electron chi connectivity index (χ3n) is 5.12. The maximum atomic E-state index is 12.6. The number of hydrogen-bond donors (Lipinski definition) is 1. The number of carbonyl (C=O) groups is 2. The number of allylic oxidation sites excluding steroid dienone is 2. The normalized spacial score (nSPS) is 37.8. The van der Waals surface area contributed by atoms with Gasteiger partial charge in [0.1, 0.15) is 0 Å². The average molecular weight is 263 g/mol. The minimum Gasteiger partial charge on any atom is -0.481 e. The van der Waals surface area contributed by atoms with Gasteiger partial charge >= 0.3 is 5.97 Å². The molecule has 1 aliphatic heterocycles. The number of piperidine rings is 1. The highest BCUT2D eigenvalue weighted by Crippen LogP contribution is 2.49. The lowest BCUT2D eigenvalue weighted by Gasteiger charge is -2.35. The van der Waals surface area contributed by atoms with Crippen molar-refractivity contribution in [2.45, 2.75) is 26.2 Å². The number of carboxylic acids is 1. The summed E-state index contributed by atoms with van der Waals surface area (Å²) in [5, 5.41) is 9.39. The van der Waals surface area contributed by atoms with Gasteiger partial charge in [0.05, 0.1) is 11.8 Å². The Kier molecular flexibility index (Phi) is 3.11. The molecule has 0 aromatic heterocycles. The van der Waals surface area contributed by atoms with E-state index in [0.29, 0.717) is 5.92 Å². The molecule has 4 nitrogen and oxygen atoms in total. The highest BCUT2D eigenvalue weighted by molar-refractivity contribution is 5.87. The van der Waals surface area contributed by atoms with Crippen molar-refractivity contribution < 1.29 is 14.7 Å². The van der Waals surface area contributed by atoms with Gasteiger partial charge in [0.2, 0.25) is 5.91 Å². The van der Waals surface area contributed by atoms with Crippen molar-refractivity contribution in [3.8, 4) is 0 Å². The Morgan fingerprint density at radius 3 is 2.26 bits per heavy atom. The average Bonchev–Trinajstić information content (AvgIpc) is 2.98. The lowest BCUT2D eigenvalue weighted by molar-refractivity contribution is -0.151. The van der Waals surface area contributed by atoms with Gasteiger partial charge in [-0.1, -0.05) is 19.1 Å². The number of rotatable bonds is 2. The summed E-state index contributed by atoms with van der Waals surface area (Å²) in [6.45, 7) is 3.80. The number of likely N-dealkylation sites (tertiary alicyclic amines) is 1. The standard InChI is InChI=1S/C15H21NO3/c1-9-4-6-16(7-5-9)14(17)12-10-2-3-11(8-10)13(12)15(18)19/h2-3,9-13H,4-8H2,1H3,(H,18,19)/t10-,11-,12+,13-/m0/s1. The Balaban J connectivity index is 1.75. The van der Waals surface area contributed by atoms with E-state index in [1.165, 1.54) is 0 Å². The summed E-state index contributed by atoms with van der Waals surface area (Å²) in [7, 11) is 0. The van der Waals surface area contributed by atoms with Gasteiger partial charge in [-0.3, -0.25) is 9.59 Å². The van der Waals surface area contributed by atoms with Crippen molar-refractivity contribution in [2.75, 3.05) is 13.1 Å². The number of nitrogens with zero attached hydrogens (tertiary/aromatic N) is 1. The molecule has 2 bridgehead atoms. The van der Waals surface area contributed by atoms with Crippen molar-refractivity contribution in [1.29, 1.82) is 0 Å². The molecule has 0 aromatic rings. The molecule has 2 aliphatic carbocycles. The third kappa shape index (κ3) is 2.07. The van der Waals surface area contributed by atoms with Crippen molar-refractivity contribution in [2.24, 2.45) is 29.6 Å². The van der Waals surface area contributed by atoms with Crippen LogP contribution in [0.4, 0.5) is 0 Å². The Morgan fingerprint density at radius 1 is 1.11 bits per heavy atom. The first kappa shape index (κ1) is 12.7. The van der Waals surface area contributed by atoms with Crippen LogP contribution in [-0.2, 0) is 9.59 Å². The summed E-state index contributed by atoms with van der Waals surface area (Å²) in [5.41, 5.74) is 0. The second-order valence-corrected chi connectivity index (χ2v) is 6.35. The SMILES string of the molecule is CC1CCN(C(=O)[C@H]2[C@@H](C(=O)O)[C@H]3C=C[C@H]2C3)CC1. The first-order valence-corrected chi connectivity index (χ1v) is 7.28. The lowest BCUT2D eigenvalue weighted by Crippen LogP contribution is -2.45. The number of carboxylic acid groups (broad SMARTS) is 1. The van der Waals surface area contributed by atoms with Crippen LogP contribution in [0.1, 0.15) is 26.2 Å². The van der Waals surface area contributed by atoms with Gasteiger partial charge in [-0.05, 0) is 37.0 Å². The van der Waals surface area contributed by atoms with Crippen molar-refractivity contribution in [3.05, 3.63) is 12.2 Å². The van der Waals surface area contributed by atoms with Crippen LogP contribution in [0.5, 0.6) is 0 Å². The van der Waals surface area contributed by atoms with Crippen LogP contribution in [0.3, 0.4) is 0 Å². The monoisotopic (exact) mass is 263 g/mol. The summed E-state index contributed by atoms with van der Waals surface area (Å²) in [4.78, 5) is 26.0. The maximum absolute atomic E-state index is 12.6. The highest BCUT2D eigenvalue weighted by atomic mass is 16.4. The quantitative estimate of drug-likeness (QED) is 0.772. The molecule has 1 saturated carbocycles. The van der Waals surface area contributed by atoms with Gasteiger partial charge in [-0.15, -0.1) is 0 Å². The van der Waals surface area contributed by atoms with E-state index in [4.69, 9.17) is 0 Å². The van der Waals surface area contributed by atoms with Crippen LogP contribution >= 0.6 is 0 Å². The fourth-order valence-corrected chi connectivity index (χ4v) is 3.94. The van der Waals surface area contributed by atoms with Gasteiger partial charge in [-0.25, -0.2) is 0 Å². The summed E-state index contributed by atoms with van der Waals surface area (Å²) >= 11 is 0. The smallest absolute Gasteiger partial charge is 0.307 e. The molecule has 4 heteroatoms. The van der Waals surface area contributed by atoms with E-state index in [0.717, 1.165) is 32.4 Å². The first-order valence-electron chi connectivity index (χ1n) is 7.28. The molecular formula is C15H21NO3. The molecular weight excluding hydrogens is 242 g/mol. The van der Waals surface area contributed by atoms with Crippen LogP contribution in [0.2, 0.25) is 0 Å². The zero-order chi connectivity index (χ0) is 13.6. The van der Waals surface area contributed by atoms with Gasteiger partial charge in [-0.2, -0.15) is 0 Å². The summed E-state index contributed by atoms with van der Waals surface area (Å²) in [6.07, 6.45) is 6.97. The highest BCUT2D eigenvalue weighted by Gasteiger charge is 2.52. The molecule has 0 radical (unpaired) electrons. The molecule has 1 N–H and O–H groups in total. The van der Waals surface area contributed by atoms with E-state index in [1.54, 1.807) is 0 Å². The molecule has 0 spiro atoms. The lowest BCUT2D eigenvalue weighted by atomic mass is 9.81. The molecule has 3 rings (SSSR count). The summed E-state index contributed by atoms with van der Waals surface area (Å²) < 4.78 is 0. The second-order valence-electron chi connectivity index (χ2n) is 6.35. The number of fused-ring (bicyclic) bond motifs is 2. The summed E-state index contributed by atoms with van der Waals surface area (Å²) in [6, 6.07) is 0. The molecule has 1 heterocycles. The number of hydrogen-bond acceptors (Lipinski definition) is 2. The number of aliphatic carboxylic acids is 1. The van der Waals surface area contributed by atoms with E-state index >= 15 is 0 Å². The van der Waals surface area contributed by atoms with Gasteiger partial charge in [0, 0.05) is 13.1 Å². The van der Waals surface area contributed by atoms with Crippen molar-refractivity contribution in [1.82, 2.24) is 4.90 Å². The minimum atomic E-state index is -0.805. The van der Waals surface area contributed by atoms with E-state index in [2.05, 4.69) is 13.0 Å². The van der Waals surface area contributed by atoms with Gasteiger partial charge < -0.3 is 10.0 Å². The molecule has 1 saturated heterocycles. The van der Waals surface area contributed by atoms with E-state index < -0.39 is 11.9 Å². The predicted molar refractivity (Wildman–Crippen MR) is 70.3 cm³/mol. The van der Waals surface area contributed by atoms with Crippen LogP contribution in [-0.4, -0.2) is 35.0 Å². The van der Waals surface area contributed by atoms with Crippen LogP contribution in [0.15, 0.2) is 12.2 Å². The largest absolute Gasteiger partial charge is 0.481 e. The zero-order valence-electron chi connectivity index (χ0n) is 11.3. The van der Waals surface area contributed by atoms with Crippen molar-refractivity contribution in [3.63, 3.8) is 0 Å². The molecule has 0 unspecified atom stereocenters. The molecule has 1 amide bonds. The second kappa shape index (κ2) is 4.66. The van der Waals surface area contributed by atoms with Crippen LogP contribution in [0.25, 0.3) is 0 Å². The van der Waals surface area contributed by atoms with Gasteiger partial charge in [0.15, 0.2) is 0 Å². The molecule has 104 valence electrons. The zero-order valence-corrected chi connectivity index (χ0v) is 11.3. The molecule has 19 heavy (non-hydrogen) atoms. The number of amides is 1. The summed E-state index contributed by atoms with van der Waals surface area (Å²) in [5.74, 6) is -0.642. The third-order valence-corrected chi connectivity index (χ3v) is 5.12. The Hall–Kier alpha value is -1.32. The van der Waals surface area contributed by atoms with E-state index in [9.17, 15) is 14.7 Å². The predicted octanol–water partition coefficient (Wildman–Crippen LogP) is 1.77. The minimum absolute atomic E-state index is 0.0696. The van der Waals surface area contributed by atoms with E-state index in [1.807, 2.05) is 11.0 Å².